The minimum Gasteiger partial charge on any atom is -0.390 e. The lowest BCUT2D eigenvalue weighted by Gasteiger charge is -2.30. The molecule has 2 amide bonds. The number of carbonyl (C=O) groups excluding carboxylic acids is 1. The molecule has 29 heavy (non-hydrogen) atoms. The van der Waals surface area contributed by atoms with E-state index >= 15 is 0 Å². The highest BCUT2D eigenvalue weighted by Crippen LogP contribution is 2.22. The molecule has 2 aromatic rings. The predicted octanol–water partition coefficient (Wildman–Crippen LogP) is 5.50. The van der Waals surface area contributed by atoms with Gasteiger partial charge in [-0.15, -0.1) is 0 Å². The topological polar surface area (TPSA) is 53.9 Å². The molecule has 0 aromatic heterocycles. The van der Waals surface area contributed by atoms with Crippen molar-refractivity contribution in [2.24, 2.45) is 5.16 Å². The molecule has 0 fully saturated rings. The first kappa shape index (κ1) is 21.5. The lowest BCUT2D eigenvalue weighted by Crippen LogP contribution is -2.50. The van der Waals surface area contributed by atoms with Gasteiger partial charge in [-0.2, -0.15) is 0 Å². The van der Waals surface area contributed by atoms with Crippen molar-refractivity contribution >= 4 is 34.9 Å². The molecule has 3 rings (SSSR count). The molecule has 5 nitrogen and oxygen atoms in total. The third-order valence-corrected chi connectivity index (χ3v) is 5.04. The van der Waals surface area contributed by atoms with Gasteiger partial charge < -0.3 is 15.1 Å². The summed E-state index contributed by atoms with van der Waals surface area (Å²) < 4.78 is 0. The quantitative estimate of drug-likeness (QED) is 0.676. The van der Waals surface area contributed by atoms with Gasteiger partial charge in [0.1, 0.15) is 0 Å². The second kappa shape index (κ2) is 9.06. The largest absolute Gasteiger partial charge is 0.390 e. The lowest BCUT2D eigenvalue weighted by atomic mass is 10.0. The first-order valence-electron chi connectivity index (χ1n) is 9.50. The molecule has 0 saturated carbocycles. The Morgan fingerprint density at radius 2 is 1.86 bits per heavy atom. The number of halogens is 2. The first-order chi connectivity index (χ1) is 13.7. The molecule has 0 radical (unpaired) electrons. The number of nitrogens with zero attached hydrogens (tertiary/aromatic N) is 2. The van der Waals surface area contributed by atoms with Crippen LogP contribution in [-0.2, 0) is 11.4 Å². The second-order valence-corrected chi connectivity index (χ2v) is 8.97. The third kappa shape index (κ3) is 6.12. The SMILES string of the molecule is CC(C)(C)NC(=O)N(Cc1ccccc1Cl)C[C@@H]1CC(c2ccc(Cl)cc2)=NO1. The van der Waals surface area contributed by atoms with Crippen molar-refractivity contribution in [2.75, 3.05) is 6.54 Å². The molecular weight excluding hydrogens is 409 g/mol. The van der Waals surface area contributed by atoms with Crippen molar-refractivity contribution in [2.45, 2.75) is 45.4 Å². The van der Waals surface area contributed by atoms with Gasteiger partial charge in [-0.05, 0) is 50.1 Å². The van der Waals surface area contributed by atoms with E-state index in [2.05, 4.69) is 10.5 Å². The van der Waals surface area contributed by atoms with E-state index in [1.165, 1.54) is 0 Å². The molecule has 154 valence electrons. The van der Waals surface area contributed by atoms with Gasteiger partial charge in [0.05, 0.1) is 12.3 Å². The third-order valence-electron chi connectivity index (χ3n) is 4.42. The van der Waals surface area contributed by atoms with Crippen LogP contribution >= 0.6 is 23.2 Å². The normalized spacial score (nSPS) is 16.2. The highest BCUT2D eigenvalue weighted by molar-refractivity contribution is 6.31. The van der Waals surface area contributed by atoms with Crippen LogP contribution in [0.15, 0.2) is 53.7 Å². The van der Waals surface area contributed by atoms with Crippen LogP contribution in [0.25, 0.3) is 0 Å². The zero-order valence-corrected chi connectivity index (χ0v) is 18.3. The van der Waals surface area contributed by atoms with Gasteiger partial charge in [0, 0.05) is 28.5 Å². The first-order valence-corrected chi connectivity index (χ1v) is 10.3. The van der Waals surface area contributed by atoms with Crippen LogP contribution in [0.2, 0.25) is 10.0 Å². The molecule has 1 atom stereocenters. The van der Waals surface area contributed by atoms with Crippen LogP contribution in [0, 0.1) is 0 Å². The highest BCUT2D eigenvalue weighted by atomic mass is 35.5. The van der Waals surface area contributed by atoms with Crippen LogP contribution in [-0.4, -0.2) is 34.8 Å². The highest BCUT2D eigenvalue weighted by Gasteiger charge is 2.28. The molecule has 0 saturated heterocycles. The maximum absolute atomic E-state index is 12.9. The van der Waals surface area contributed by atoms with E-state index in [9.17, 15) is 4.79 Å². The average molecular weight is 434 g/mol. The van der Waals surface area contributed by atoms with Crippen LogP contribution in [0.5, 0.6) is 0 Å². The number of nitrogens with one attached hydrogen (secondary N) is 1. The average Bonchev–Trinajstić information content (AvgIpc) is 3.10. The number of rotatable bonds is 5. The summed E-state index contributed by atoms with van der Waals surface area (Å²) in [6, 6.07) is 14.9. The molecule has 0 aliphatic carbocycles. The Labute approximate surface area is 181 Å². The number of carbonyl (C=O) groups is 1. The van der Waals surface area contributed by atoms with Gasteiger partial charge >= 0.3 is 6.03 Å². The summed E-state index contributed by atoms with van der Waals surface area (Å²) >= 11 is 12.3. The number of hydrogen-bond acceptors (Lipinski definition) is 3. The minimum atomic E-state index is -0.350. The number of hydrogen-bond donors (Lipinski definition) is 1. The summed E-state index contributed by atoms with van der Waals surface area (Å²) in [5, 5.41) is 8.54. The van der Waals surface area contributed by atoms with Crippen molar-refractivity contribution in [1.29, 1.82) is 0 Å². The van der Waals surface area contributed by atoms with Gasteiger partial charge in [0.15, 0.2) is 6.10 Å². The van der Waals surface area contributed by atoms with Gasteiger partial charge in [0.25, 0.3) is 0 Å². The fourth-order valence-corrected chi connectivity index (χ4v) is 3.36. The van der Waals surface area contributed by atoms with E-state index < -0.39 is 0 Å². The van der Waals surface area contributed by atoms with Gasteiger partial charge in [0.2, 0.25) is 0 Å². The van der Waals surface area contributed by atoms with E-state index in [0.29, 0.717) is 29.6 Å². The molecule has 1 aliphatic heterocycles. The van der Waals surface area contributed by atoms with Crippen molar-refractivity contribution in [3.8, 4) is 0 Å². The molecule has 0 bridgehead atoms. The summed E-state index contributed by atoms with van der Waals surface area (Å²) in [5.41, 5.74) is 2.35. The Hall–Kier alpha value is -2.24. The Morgan fingerprint density at radius 1 is 1.17 bits per heavy atom. The van der Waals surface area contributed by atoms with Crippen LogP contribution in [0.1, 0.15) is 38.3 Å². The molecule has 0 spiro atoms. The lowest BCUT2D eigenvalue weighted by molar-refractivity contribution is 0.0580. The fraction of sp³-hybridized carbons (Fsp3) is 0.364. The number of oxime groups is 1. The standard InChI is InChI=1S/C22H25Cl2N3O2/c1-22(2,3)25-21(28)27(13-16-6-4-5-7-19(16)24)14-18-12-20(26-29-18)15-8-10-17(23)11-9-15/h4-11,18H,12-14H2,1-3H3,(H,25,28)/t18-/m0/s1. The number of benzene rings is 2. The number of amides is 2. The summed E-state index contributed by atoms with van der Waals surface area (Å²) in [6.07, 6.45) is 0.387. The number of urea groups is 1. The van der Waals surface area contributed by atoms with Crippen LogP contribution < -0.4 is 5.32 Å². The molecule has 1 aliphatic rings. The van der Waals surface area contributed by atoms with Gasteiger partial charge in [-0.25, -0.2) is 4.79 Å². The second-order valence-electron chi connectivity index (χ2n) is 8.13. The van der Waals surface area contributed by atoms with Crippen LogP contribution in [0.3, 0.4) is 0 Å². The van der Waals surface area contributed by atoms with Crippen LogP contribution in [0.4, 0.5) is 4.79 Å². The van der Waals surface area contributed by atoms with E-state index in [0.717, 1.165) is 16.8 Å². The molecule has 0 unspecified atom stereocenters. The summed E-state index contributed by atoms with van der Waals surface area (Å²) in [7, 11) is 0. The maximum Gasteiger partial charge on any atom is 0.318 e. The molecule has 2 aromatic carbocycles. The van der Waals surface area contributed by atoms with E-state index in [4.69, 9.17) is 28.0 Å². The van der Waals surface area contributed by atoms with Crippen molar-refractivity contribution in [1.82, 2.24) is 10.2 Å². The smallest absolute Gasteiger partial charge is 0.318 e. The van der Waals surface area contributed by atoms with Crippen molar-refractivity contribution in [3.05, 3.63) is 69.7 Å². The summed E-state index contributed by atoms with van der Waals surface area (Å²) in [5.74, 6) is 0. The van der Waals surface area contributed by atoms with Gasteiger partial charge in [-0.3, -0.25) is 0 Å². The Bertz CT molecular complexity index is 892. The Balaban J connectivity index is 1.71. The van der Waals surface area contributed by atoms with Crippen molar-refractivity contribution in [3.63, 3.8) is 0 Å². The minimum absolute atomic E-state index is 0.166. The molecular formula is C22H25Cl2N3O2. The van der Waals surface area contributed by atoms with Gasteiger partial charge in [-0.1, -0.05) is 58.7 Å². The molecule has 1 N–H and O–H groups in total. The zero-order valence-electron chi connectivity index (χ0n) is 16.8. The molecule has 7 heteroatoms. The monoisotopic (exact) mass is 433 g/mol. The van der Waals surface area contributed by atoms with E-state index in [-0.39, 0.29) is 17.7 Å². The Kier molecular flexibility index (Phi) is 6.70. The van der Waals surface area contributed by atoms with E-state index in [1.54, 1.807) is 4.90 Å². The Morgan fingerprint density at radius 3 is 2.52 bits per heavy atom. The predicted molar refractivity (Wildman–Crippen MR) is 118 cm³/mol. The molecule has 1 heterocycles. The van der Waals surface area contributed by atoms with E-state index in [1.807, 2.05) is 69.3 Å². The van der Waals surface area contributed by atoms with Crippen molar-refractivity contribution < 1.29 is 9.63 Å². The summed E-state index contributed by atoms with van der Waals surface area (Å²) in [6.45, 7) is 6.64. The zero-order chi connectivity index (χ0) is 21.0. The fourth-order valence-electron chi connectivity index (χ4n) is 3.04. The maximum atomic E-state index is 12.9. The summed E-state index contributed by atoms with van der Waals surface area (Å²) in [4.78, 5) is 20.3.